The number of likely N-dealkylation sites (tertiary alicyclic amines) is 1. The first-order chi connectivity index (χ1) is 9.11. The molecule has 0 spiro atoms. The molecule has 0 radical (unpaired) electrons. The van der Waals surface area contributed by atoms with E-state index in [1.807, 2.05) is 6.92 Å². The van der Waals surface area contributed by atoms with Gasteiger partial charge in [0.2, 0.25) is 0 Å². The van der Waals surface area contributed by atoms with Crippen LogP contribution in [-0.2, 0) is 14.3 Å². The van der Waals surface area contributed by atoms with Gasteiger partial charge in [-0.3, -0.25) is 9.59 Å². The summed E-state index contributed by atoms with van der Waals surface area (Å²) in [6.45, 7) is 2.82. The van der Waals surface area contributed by atoms with Crippen LogP contribution in [-0.4, -0.2) is 47.2 Å². The van der Waals surface area contributed by atoms with Crippen LogP contribution in [0.25, 0.3) is 0 Å². The monoisotopic (exact) mass is 269 g/mol. The van der Waals surface area contributed by atoms with Crippen LogP contribution < -0.4 is 0 Å². The molecule has 0 aromatic carbocycles. The predicted octanol–water partition coefficient (Wildman–Crippen LogP) is 1.66. The van der Waals surface area contributed by atoms with E-state index in [0.29, 0.717) is 25.9 Å². The van der Waals surface area contributed by atoms with Gasteiger partial charge >= 0.3 is 5.97 Å². The van der Waals surface area contributed by atoms with Gasteiger partial charge in [-0.25, -0.2) is 0 Å². The largest absolute Gasteiger partial charge is 0.481 e. The van der Waals surface area contributed by atoms with Crippen LogP contribution >= 0.6 is 0 Å². The van der Waals surface area contributed by atoms with Gasteiger partial charge in [0.15, 0.2) is 0 Å². The number of rotatable bonds is 5. The van der Waals surface area contributed by atoms with Crippen molar-refractivity contribution in [1.29, 1.82) is 0 Å². The molecule has 2 rings (SSSR count). The zero-order valence-electron chi connectivity index (χ0n) is 11.5. The van der Waals surface area contributed by atoms with Crippen LogP contribution in [0.15, 0.2) is 0 Å². The van der Waals surface area contributed by atoms with E-state index >= 15 is 0 Å². The fraction of sp³-hybridized carbons (Fsp3) is 0.857. The van der Waals surface area contributed by atoms with E-state index in [1.165, 1.54) is 12.8 Å². The Morgan fingerprint density at radius 3 is 2.53 bits per heavy atom. The van der Waals surface area contributed by atoms with Gasteiger partial charge in [-0.2, -0.15) is 0 Å². The molecule has 2 fully saturated rings. The highest BCUT2D eigenvalue weighted by molar-refractivity contribution is 5.82. The second-order valence-electron chi connectivity index (χ2n) is 5.55. The lowest BCUT2D eigenvalue weighted by Crippen LogP contribution is -2.40. The minimum atomic E-state index is -0.806. The molecule has 0 bridgehead atoms. The smallest absolute Gasteiger partial charge is 0.308 e. The Bertz CT molecular complexity index is 338. The standard InChI is InChI=1S/C14H23NO4/c1-2-12(19-11-5-3-4-6-11)13(16)15-8-7-10(9-15)14(17)18/h10-12H,2-9H2,1H3,(H,17,18)/t10-,12-/m0/s1. The van der Waals surface area contributed by atoms with E-state index in [9.17, 15) is 9.59 Å². The molecular weight excluding hydrogens is 246 g/mol. The number of carboxylic acid groups (broad SMARTS) is 1. The summed E-state index contributed by atoms with van der Waals surface area (Å²) in [7, 11) is 0. The number of carbonyl (C=O) groups is 2. The molecule has 1 aliphatic carbocycles. The molecule has 0 aromatic rings. The highest BCUT2D eigenvalue weighted by Gasteiger charge is 2.34. The maximum atomic E-state index is 12.3. The van der Waals surface area contributed by atoms with Gasteiger partial charge in [0, 0.05) is 13.1 Å². The Hall–Kier alpha value is -1.10. The summed E-state index contributed by atoms with van der Waals surface area (Å²) < 4.78 is 5.89. The van der Waals surface area contributed by atoms with Crippen molar-refractivity contribution >= 4 is 11.9 Å². The number of amides is 1. The summed E-state index contributed by atoms with van der Waals surface area (Å²) in [4.78, 5) is 24.9. The van der Waals surface area contributed by atoms with Crippen LogP contribution in [0.4, 0.5) is 0 Å². The number of ether oxygens (including phenoxy) is 1. The first-order valence-corrected chi connectivity index (χ1v) is 7.29. The summed E-state index contributed by atoms with van der Waals surface area (Å²) >= 11 is 0. The van der Waals surface area contributed by atoms with Gasteiger partial charge in [0.25, 0.3) is 5.91 Å². The number of nitrogens with zero attached hydrogens (tertiary/aromatic N) is 1. The van der Waals surface area contributed by atoms with Crippen LogP contribution in [0.2, 0.25) is 0 Å². The van der Waals surface area contributed by atoms with Crippen molar-refractivity contribution in [2.24, 2.45) is 5.92 Å². The van der Waals surface area contributed by atoms with E-state index < -0.39 is 18.0 Å². The SMILES string of the molecule is CC[C@H](OC1CCCC1)C(=O)N1CC[C@H](C(=O)O)C1. The second-order valence-corrected chi connectivity index (χ2v) is 5.55. The Morgan fingerprint density at radius 2 is 2.00 bits per heavy atom. The van der Waals surface area contributed by atoms with Gasteiger partial charge in [-0.1, -0.05) is 19.8 Å². The van der Waals surface area contributed by atoms with Crippen molar-refractivity contribution in [2.45, 2.75) is 57.7 Å². The Kier molecular flexibility index (Phi) is 4.80. The van der Waals surface area contributed by atoms with Crippen LogP contribution in [0.3, 0.4) is 0 Å². The molecule has 0 aromatic heterocycles. The Labute approximate surface area is 113 Å². The number of hydrogen-bond acceptors (Lipinski definition) is 3. The van der Waals surface area contributed by atoms with Gasteiger partial charge in [0.05, 0.1) is 12.0 Å². The van der Waals surface area contributed by atoms with E-state index in [0.717, 1.165) is 12.8 Å². The highest BCUT2D eigenvalue weighted by Crippen LogP contribution is 2.25. The molecule has 0 unspecified atom stereocenters. The zero-order chi connectivity index (χ0) is 13.8. The third-order valence-corrected chi connectivity index (χ3v) is 4.15. The summed E-state index contributed by atoms with van der Waals surface area (Å²) in [5.74, 6) is -1.24. The third-order valence-electron chi connectivity index (χ3n) is 4.15. The molecule has 1 saturated heterocycles. The van der Waals surface area contributed by atoms with Crippen molar-refractivity contribution in [1.82, 2.24) is 4.90 Å². The molecular formula is C14H23NO4. The quantitative estimate of drug-likeness (QED) is 0.824. The van der Waals surface area contributed by atoms with E-state index in [-0.39, 0.29) is 12.0 Å². The van der Waals surface area contributed by atoms with Crippen molar-refractivity contribution in [3.63, 3.8) is 0 Å². The average molecular weight is 269 g/mol. The number of carbonyl (C=O) groups excluding carboxylic acids is 1. The summed E-state index contributed by atoms with van der Waals surface area (Å²) in [6.07, 6.45) is 5.48. The molecule has 2 atom stereocenters. The van der Waals surface area contributed by atoms with Gasteiger partial charge < -0.3 is 14.7 Å². The maximum absolute atomic E-state index is 12.3. The van der Waals surface area contributed by atoms with Gasteiger partial charge in [-0.05, 0) is 25.7 Å². The molecule has 5 heteroatoms. The fourth-order valence-corrected chi connectivity index (χ4v) is 2.95. The normalized spacial score (nSPS) is 25.7. The topological polar surface area (TPSA) is 66.8 Å². The molecule has 1 aliphatic heterocycles. The van der Waals surface area contributed by atoms with Crippen molar-refractivity contribution in [3.8, 4) is 0 Å². The summed E-state index contributed by atoms with van der Waals surface area (Å²) in [5.41, 5.74) is 0. The Morgan fingerprint density at radius 1 is 1.32 bits per heavy atom. The first-order valence-electron chi connectivity index (χ1n) is 7.29. The number of hydrogen-bond donors (Lipinski definition) is 1. The third kappa shape index (κ3) is 3.47. The summed E-state index contributed by atoms with van der Waals surface area (Å²) in [6, 6.07) is 0. The minimum Gasteiger partial charge on any atom is -0.481 e. The highest BCUT2D eigenvalue weighted by atomic mass is 16.5. The van der Waals surface area contributed by atoms with Crippen molar-refractivity contribution < 1.29 is 19.4 Å². The van der Waals surface area contributed by atoms with Crippen molar-refractivity contribution in [3.05, 3.63) is 0 Å². The lowest BCUT2D eigenvalue weighted by Gasteiger charge is -2.25. The molecule has 2 aliphatic rings. The molecule has 1 N–H and O–H groups in total. The van der Waals surface area contributed by atoms with Gasteiger partial charge in [-0.15, -0.1) is 0 Å². The van der Waals surface area contributed by atoms with Crippen LogP contribution in [0.1, 0.15) is 45.4 Å². The van der Waals surface area contributed by atoms with Gasteiger partial charge in [0.1, 0.15) is 6.10 Å². The molecule has 1 amide bonds. The first kappa shape index (κ1) is 14.3. The second kappa shape index (κ2) is 6.37. The fourth-order valence-electron chi connectivity index (χ4n) is 2.95. The number of carboxylic acids is 1. The van der Waals surface area contributed by atoms with Crippen LogP contribution in [0, 0.1) is 5.92 Å². The maximum Gasteiger partial charge on any atom is 0.308 e. The molecule has 19 heavy (non-hydrogen) atoms. The summed E-state index contributed by atoms with van der Waals surface area (Å²) in [5, 5.41) is 8.97. The van der Waals surface area contributed by atoms with Crippen LogP contribution in [0.5, 0.6) is 0 Å². The predicted molar refractivity (Wildman–Crippen MR) is 69.7 cm³/mol. The molecule has 1 heterocycles. The number of aliphatic carboxylic acids is 1. The zero-order valence-corrected chi connectivity index (χ0v) is 11.5. The molecule has 1 saturated carbocycles. The Balaban J connectivity index is 1.87. The lowest BCUT2D eigenvalue weighted by molar-refractivity contribution is -0.147. The minimum absolute atomic E-state index is 0.0295. The van der Waals surface area contributed by atoms with E-state index in [2.05, 4.69) is 0 Å². The molecule has 5 nitrogen and oxygen atoms in total. The average Bonchev–Trinajstić information content (AvgIpc) is 3.06. The lowest BCUT2D eigenvalue weighted by atomic mass is 10.1. The molecule has 108 valence electrons. The van der Waals surface area contributed by atoms with Crippen molar-refractivity contribution in [2.75, 3.05) is 13.1 Å². The van der Waals surface area contributed by atoms with E-state index in [1.54, 1.807) is 4.90 Å². The van der Waals surface area contributed by atoms with E-state index in [4.69, 9.17) is 9.84 Å².